The Balaban J connectivity index is 2.43. The van der Waals surface area contributed by atoms with Crippen LogP contribution in [-0.2, 0) is 0 Å². The zero-order chi connectivity index (χ0) is 11.2. The molecule has 0 spiro atoms. The summed E-state index contributed by atoms with van der Waals surface area (Å²) in [6, 6.07) is 0. The highest BCUT2D eigenvalue weighted by Gasteiger charge is 2.35. The zero-order valence-electron chi connectivity index (χ0n) is 9.61. The van der Waals surface area contributed by atoms with Crippen LogP contribution in [0.15, 0.2) is 22.8 Å². The van der Waals surface area contributed by atoms with Gasteiger partial charge in [-0.25, -0.2) is 8.78 Å². The van der Waals surface area contributed by atoms with Gasteiger partial charge in [0.05, 0.1) is 0 Å². The van der Waals surface area contributed by atoms with Gasteiger partial charge < -0.3 is 0 Å². The van der Waals surface area contributed by atoms with Gasteiger partial charge >= 0.3 is 0 Å². The first-order chi connectivity index (χ1) is 7.02. The second-order valence-corrected chi connectivity index (χ2v) is 5.09. The van der Waals surface area contributed by atoms with Crippen LogP contribution in [0, 0.1) is 17.8 Å². The van der Waals surface area contributed by atoms with Gasteiger partial charge in [0.25, 0.3) is 0 Å². The molecule has 0 saturated heterocycles. The number of halogens is 2. The lowest BCUT2D eigenvalue weighted by molar-refractivity contribution is 0.334. The summed E-state index contributed by atoms with van der Waals surface area (Å²) in [5.41, 5.74) is 1.84. The van der Waals surface area contributed by atoms with Crippen LogP contribution in [0.5, 0.6) is 0 Å². The fourth-order valence-corrected chi connectivity index (χ4v) is 2.73. The minimum Gasteiger partial charge on any atom is -0.208 e. The Morgan fingerprint density at radius 2 is 1.73 bits per heavy atom. The standard InChI is InChI=1S/C13H18F2/c1-7-4-5-10-8(2)9(3)12(14)13(15)11(10)6-7/h7-9H,4-6H2,1-3H3. The molecule has 0 N–H and O–H groups in total. The van der Waals surface area contributed by atoms with E-state index in [9.17, 15) is 8.78 Å². The maximum atomic E-state index is 13.8. The minimum atomic E-state index is -0.554. The first kappa shape index (κ1) is 10.8. The average molecular weight is 212 g/mol. The highest BCUT2D eigenvalue weighted by atomic mass is 19.2. The van der Waals surface area contributed by atoms with Crippen LogP contribution >= 0.6 is 0 Å². The molecule has 0 bridgehead atoms. The molecule has 0 saturated carbocycles. The minimum absolute atomic E-state index is 0.173. The van der Waals surface area contributed by atoms with Crippen LogP contribution in [0.2, 0.25) is 0 Å². The molecule has 0 nitrogen and oxygen atoms in total. The van der Waals surface area contributed by atoms with Gasteiger partial charge in [-0.15, -0.1) is 0 Å². The fourth-order valence-electron chi connectivity index (χ4n) is 2.73. The maximum absolute atomic E-state index is 13.8. The Morgan fingerprint density at radius 1 is 1.07 bits per heavy atom. The third kappa shape index (κ3) is 1.64. The monoisotopic (exact) mass is 212 g/mol. The third-order valence-electron chi connectivity index (χ3n) is 4.02. The van der Waals surface area contributed by atoms with Crippen molar-refractivity contribution in [2.75, 3.05) is 0 Å². The first-order valence-electron chi connectivity index (χ1n) is 5.79. The molecule has 0 radical (unpaired) electrons. The van der Waals surface area contributed by atoms with Gasteiger partial charge in [-0.1, -0.05) is 26.3 Å². The summed E-state index contributed by atoms with van der Waals surface area (Å²) in [6.07, 6.45) is 2.78. The maximum Gasteiger partial charge on any atom is 0.158 e. The molecular weight excluding hydrogens is 194 g/mol. The van der Waals surface area contributed by atoms with Crippen molar-refractivity contribution >= 4 is 0 Å². The quantitative estimate of drug-likeness (QED) is 0.553. The molecule has 0 heterocycles. The normalized spacial score (nSPS) is 37.0. The summed E-state index contributed by atoms with van der Waals surface area (Å²) < 4.78 is 27.3. The van der Waals surface area contributed by atoms with Crippen molar-refractivity contribution < 1.29 is 8.78 Å². The SMILES string of the molecule is CC1CCC2=C(C1)C(F)=C(F)C(C)C2C. The van der Waals surface area contributed by atoms with E-state index in [1.54, 1.807) is 6.92 Å². The van der Waals surface area contributed by atoms with E-state index in [-0.39, 0.29) is 11.8 Å². The number of hydrogen-bond donors (Lipinski definition) is 0. The molecular formula is C13H18F2. The second kappa shape index (κ2) is 3.73. The molecule has 0 aromatic carbocycles. The van der Waals surface area contributed by atoms with Gasteiger partial charge in [0, 0.05) is 5.92 Å². The van der Waals surface area contributed by atoms with Crippen LogP contribution < -0.4 is 0 Å². The van der Waals surface area contributed by atoms with Gasteiger partial charge in [-0.05, 0) is 36.7 Å². The Kier molecular flexibility index (Phi) is 2.70. The topological polar surface area (TPSA) is 0 Å². The van der Waals surface area contributed by atoms with Crippen LogP contribution in [0.3, 0.4) is 0 Å². The summed E-state index contributed by atoms with van der Waals surface area (Å²) in [6.45, 7) is 5.90. The predicted octanol–water partition coefficient (Wildman–Crippen LogP) is 4.54. The highest BCUT2D eigenvalue weighted by molar-refractivity contribution is 5.40. The van der Waals surface area contributed by atoms with Crippen molar-refractivity contribution in [3.63, 3.8) is 0 Å². The summed E-state index contributed by atoms with van der Waals surface area (Å²) in [5, 5.41) is 0. The lowest BCUT2D eigenvalue weighted by atomic mass is 9.72. The summed E-state index contributed by atoms with van der Waals surface area (Å²) in [5.74, 6) is -0.704. The molecule has 15 heavy (non-hydrogen) atoms. The second-order valence-electron chi connectivity index (χ2n) is 5.09. The van der Waals surface area contributed by atoms with Gasteiger partial charge in [0.2, 0.25) is 0 Å². The molecule has 2 heteroatoms. The third-order valence-corrected chi connectivity index (χ3v) is 4.02. The van der Waals surface area contributed by atoms with E-state index in [2.05, 4.69) is 6.92 Å². The molecule has 0 aliphatic heterocycles. The lowest BCUT2D eigenvalue weighted by Gasteiger charge is -2.34. The molecule has 2 rings (SSSR count). The summed E-state index contributed by atoms with van der Waals surface area (Å²) in [4.78, 5) is 0. The Hall–Kier alpha value is -0.660. The Morgan fingerprint density at radius 3 is 2.40 bits per heavy atom. The van der Waals surface area contributed by atoms with E-state index in [1.807, 2.05) is 6.92 Å². The van der Waals surface area contributed by atoms with Crippen LogP contribution in [-0.4, -0.2) is 0 Å². The van der Waals surface area contributed by atoms with Gasteiger partial charge in [-0.2, -0.15) is 0 Å². The van der Waals surface area contributed by atoms with E-state index in [0.29, 0.717) is 17.9 Å². The van der Waals surface area contributed by atoms with Crippen molar-refractivity contribution in [3.8, 4) is 0 Å². The molecule has 2 aliphatic carbocycles. The van der Waals surface area contributed by atoms with E-state index in [0.717, 1.165) is 12.8 Å². The highest BCUT2D eigenvalue weighted by Crippen LogP contribution is 2.46. The smallest absolute Gasteiger partial charge is 0.158 e. The summed E-state index contributed by atoms with van der Waals surface area (Å²) >= 11 is 0. The molecule has 3 unspecified atom stereocenters. The fraction of sp³-hybridized carbons (Fsp3) is 0.692. The van der Waals surface area contributed by atoms with Crippen molar-refractivity contribution in [2.24, 2.45) is 17.8 Å². The molecule has 0 aromatic rings. The zero-order valence-corrected chi connectivity index (χ0v) is 9.61. The molecule has 3 atom stereocenters. The Labute approximate surface area is 90.1 Å². The summed E-state index contributed by atoms with van der Waals surface area (Å²) in [7, 11) is 0. The van der Waals surface area contributed by atoms with Crippen molar-refractivity contribution in [3.05, 3.63) is 22.8 Å². The van der Waals surface area contributed by atoms with Crippen LogP contribution in [0.1, 0.15) is 40.0 Å². The van der Waals surface area contributed by atoms with Crippen LogP contribution in [0.25, 0.3) is 0 Å². The average Bonchev–Trinajstić information content (AvgIpc) is 2.23. The lowest BCUT2D eigenvalue weighted by Crippen LogP contribution is -2.23. The molecule has 0 amide bonds. The van der Waals surface area contributed by atoms with Crippen LogP contribution in [0.4, 0.5) is 8.78 Å². The first-order valence-corrected chi connectivity index (χ1v) is 5.79. The van der Waals surface area contributed by atoms with Crippen molar-refractivity contribution in [2.45, 2.75) is 40.0 Å². The van der Waals surface area contributed by atoms with Gasteiger partial charge in [0.1, 0.15) is 5.83 Å². The number of allylic oxidation sites excluding steroid dienone is 4. The number of rotatable bonds is 0. The van der Waals surface area contributed by atoms with Crippen molar-refractivity contribution in [1.29, 1.82) is 0 Å². The predicted molar refractivity (Wildman–Crippen MR) is 57.6 cm³/mol. The molecule has 0 fully saturated rings. The van der Waals surface area contributed by atoms with Gasteiger partial charge in [0.15, 0.2) is 5.83 Å². The molecule has 0 aromatic heterocycles. The van der Waals surface area contributed by atoms with E-state index in [4.69, 9.17) is 0 Å². The van der Waals surface area contributed by atoms with Gasteiger partial charge in [-0.3, -0.25) is 0 Å². The molecule has 2 aliphatic rings. The van der Waals surface area contributed by atoms with E-state index in [1.165, 1.54) is 5.57 Å². The largest absolute Gasteiger partial charge is 0.208 e. The van der Waals surface area contributed by atoms with E-state index < -0.39 is 11.7 Å². The van der Waals surface area contributed by atoms with E-state index >= 15 is 0 Å². The number of hydrogen-bond acceptors (Lipinski definition) is 0. The van der Waals surface area contributed by atoms with Crippen molar-refractivity contribution in [1.82, 2.24) is 0 Å². The molecule has 84 valence electrons. The Bertz CT molecular complexity index is 338.